The van der Waals surface area contributed by atoms with Crippen LogP contribution in [-0.4, -0.2) is 45.4 Å². The van der Waals surface area contributed by atoms with E-state index in [9.17, 15) is 0 Å². The molecule has 0 radical (unpaired) electrons. The van der Waals surface area contributed by atoms with E-state index in [1.54, 1.807) is 0 Å². The lowest BCUT2D eigenvalue weighted by molar-refractivity contribution is 0.152. The van der Waals surface area contributed by atoms with E-state index in [1.807, 2.05) is 6.92 Å². The lowest BCUT2D eigenvalue weighted by Gasteiger charge is -2.32. The quantitative estimate of drug-likeness (QED) is 0.262. The Hall–Kier alpha value is -1.02. The Morgan fingerprint density at radius 3 is 2.46 bits per heavy atom. The molecule has 1 aromatic carbocycles. The number of benzene rings is 1. The molecule has 0 amide bonds. The Morgan fingerprint density at radius 2 is 1.85 bits per heavy atom. The third kappa shape index (κ3) is 8.12. The number of hydrogen-bond donors (Lipinski definition) is 2. The maximum absolute atomic E-state index is 5.35. The monoisotopic (exact) mass is 474 g/mol. The van der Waals surface area contributed by atoms with Crippen molar-refractivity contribution in [2.45, 2.75) is 40.2 Å². The summed E-state index contributed by atoms with van der Waals surface area (Å²) < 4.78 is 5.35. The molecular weight excluding hydrogens is 439 g/mol. The maximum Gasteiger partial charge on any atom is 0.191 e. The number of hydrogen-bond acceptors (Lipinski definition) is 3. The molecule has 1 aliphatic rings. The molecule has 0 spiro atoms. The van der Waals surface area contributed by atoms with E-state index in [1.165, 1.54) is 37.2 Å². The topological polar surface area (TPSA) is 48.9 Å². The highest BCUT2D eigenvalue weighted by Crippen LogP contribution is 2.23. The van der Waals surface area contributed by atoms with Crippen molar-refractivity contribution in [1.29, 1.82) is 0 Å². The Labute approximate surface area is 176 Å². The van der Waals surface area contributed by atoms with Crippen molar-refractivity contribution >= 4 is 35.6 Å². The molecule has 5 nitrogen and oxygen atoms in total. The van der Waals surface area contributed by atoms with Gasteiger partial charge < -0.3 is 20.3 Å². The molecule has 0 bridgehead atoms. The van der Waals surface area contributed by atoms with Crippen LogP contribution >= 0.6 is 24.0 Å². The molecule has 0 atom stereocenters. The van der Waals surface area contributed by atoms with E-state index in [0.717, 1.165) is 31.6 Å². The zero-order chi connectivity index (χ0) is 17.9. The van der Waals surface area contributed by atoms with E-state index >= 15 is 0 Å². The predicted molar refractivity (Wildman–Crippen MR) is 122 cm³/mol. The lowest BCUT2D eigenvalue weighted by Crippen LogP contribution is -2.39. The second-order valence-electron chi connectivity index (χ2n) is 6.65. The van der Waals surface area contributed by atoms with Crippen LogP contribution in [0, 0.1) is 5.92 Å². The van der Waals surface area contributed by atoms with Crippen LogP contribution in [0.4, 0.5) is 5.69 Å². The average Bonchev–Trinajstić information content (AvgIpc) is 2.64. The lowest BCUT2D eigenvalue weighted by atomic mass is 9.99. The standard InChI is InChI=1S/C20H34N4O.HI/c1-4-21-20(22-12-15-25-5-2)23-16-18-6-8-19(9-7-18)24-13-10-17(3)11-14-24;/h6-9,17H,4-5,10-16H2,1-3H3,(H2,21,22,23);1H. The summed E-state index contributed by atoms with van der Waals surface area (Å²) in [5, 5.41) is 6.57. The van der Waals surface area contributed by atoms with Gasteiger partial charge in [0.25, 0.3) is 0 Å². The van der Waals surface area contributed by atoms with Crippen molar-refractivity contribution in [3.63, 3.8) is 0 Å². The molecule has 6 heteroatoms. The van der Waals surface area contributed by atoms with Gasteiger partial charge in [0.2, 0.25) is 0 Å². The van der Waals surface area contributed by atoms with Gasteiger partial charge in [0.05, 0.1) is 13.2 Å². The van der Waals surface area contributed by atoms with Crippen molar-refractivity contribution in [1.82, 2.24) is 10.6 Å². The first-order valence-corrected chi connectivity index (χ1v) is 9.66. The van der Waals surface area contributed by atoms with Crippen LogP contribution in [-0.2, 0) is 11.3 Å². The number of piperidine rings is 1. The van der Waals surface area contributed by atoms with Gasteiger partial charge in [-0.1, -0.05) is 19.1 Å². The van der Waals surface area contributed by atoms with Crippen LogP contribution in [0.25, 0.3) is 0 Å². The van der Waals surface area contributed by atoms with Crippen LogP contribution in [0.3, 0.4) is 0 Å². The van der Waals surface area contributed by atoms with E-state index in [0.29, 0.717) is 13.2 Å². The highest BCUT2D eigenvalue weighted by Gasteiger charge is 2.15. The third-order valence-electron chi connectivity index (χ3n) is 4.59. The van der Waals surface area contributed by atoms with Crippen molar-refractivity contribution < 1.29 is 4.74 Å². The fourth-order valence-corrected chi connectivity index (χ4v) is 2.98. The molecule has 148 valence electrons. The highest BCUT2D eigenvalue weighted by molar-refractivity contribution is 14.0. The van der Waals surface area contributed by atoms with Crippen molar-refractivity contribution in [3.05, 3.63) is 29.8 Å². The molecule has 0 aliphatic carbocycles. The summed E-state index contributed by atoms with van der Waals surface area (Å²) in [4.78, 5) is 7.15. The van der Waals surface area contributed by atoms with Gasteiger partial charge in [0.15, 0.2) is 5.96 Å². The summed E-state index contributed by atoms with van der Waals surface area (Å²) in [7, 11) is 0. The zero-order valence-electron chi connectivity index (χ0n) is 16.5. The summed E-state index contributed by atoms with van der Waals surface area (Å²) in [6.45, 7) is 12.5. The molecule has 1 fully saturated rings. The van der Waals surface area contributed by atoms with Gasteiger partial charge in [-0.05, 0) is 50.3 Å². The fraction of sp³-hybridized carbons (Fsp3) is 0.650. The first-order valence-electron chi connectivity index (χ1n) is 9.66. The van der Waals surface area contributed by atoms with E-state index in [-0.39, 0.29) is 24.0 Å². The number of ether oxygens (including phenoxy) is 1. The van der Waals surface area contributed by atoms with E-state index in [2.05, 4.69) is 58.6 Å². The molecule has 2 N–H and O–H groups in total. The molecule has 0 saturated carbocycles. The van der Waals surface area contributed by atoms with Gasteiger partial charge in [-0.15, -0.1) is 24.0 Å². The van der Waals surface area contributed by atoms with Gasteiger partial charge in [0.1, 0.15) is 0 Å². The van der Waals surface area contributed by atoms with Crippen LogP contribution < -0.4 is 15.5 Å². The average molecular weight is 474 g/mol. The minimum atomic E-state index is 0. The Kier molecular flexibility index (Phi) is 11.7. The van der Waals surface area contributed by atoms with Crippen LogP contribution in [0.1, 0.15) is 39.2 Å². The summed E-state index contributed by atoms with van der Waals surface area (Å²) in [5.41, 5.74) is 2.57. The number of guanidine groups is 1. The van der Waals surface area contributed by atoms with Crippen molar-refractivity contribution in [2.75, 3.05) is 44.3 Å². The fourth-order valence-electron chi connectivity index (χ4n) is 2.98. The summed E-state index contributed by atoms with van der Waals surface area (Å²) in [6, 6.07) is 8.85. The number of nitrogens with zero attached hydrogens (tertiary/aromatic N) is 2. The molecule has 1 saturated heterocycles. The maximum atomic E-state index is 5.35. The van der Waals surface area contributed by atoms with Crippen molar-refractivity contribution in [2.24, 2.45) is 10.9 Å². The summed E-state index contributed by atoms with van der Waals surface area (Å²) in [6.07, 6.45) is 2.59. The number of rotatable bonds is 8. The number of anilines is 1. The largest absolute Gasteiger partial charge is 0.380 e. The first kappa shape index (κ1) is 23.0. The van der Waals surface area contributed by atoms with Crippen molar-refractivity contribution in [3.8, 4) is 0 Å². The van der Waals surface area contributed by atoms with Crippen LogP contribution in [0.15, 0.2) is 29.3 Å². The van der Waals surface area contributed by atoms with Gasteiger partial charge >= 0.3 is 0 Å². The molecular formula is C20H35IN4O. The number of aliphatic imine (C=N–C) groups is 1. The van der Waals surface area contributed by atoms with Gasteiger partial charge in [0, 0.05) is 38.5 Å². The smallest absolute Gasteiger partial charge is 0.191 e. The summed E-state index contributed by atoms with van der Waals surface area (Å²) >= 11 is 0. The predicted octanol–water partition coefficient (Wildman–Crippen LogP) is 3.63. The Morgan fingerprint density at radius 1 is 1.15 bits per heavy atom. The SMILES string of the molecule is CCNC(=NCc1ccc(N2CCC(C)CC2)cc1)NCCOCC.I. The van der Waals surface area contributed by atoms with E-state index in [4.69, 9.17) is 4.74 Å². The molecule has 2 rings (SSSR count). The number of nitrogens with one attached hydrogen (secondary N) is 2. The van der Waals surface area contributed by atoms with Gasteiger partial charge in [-0.2, -0.15) is 0 Å². The first-order chi connectivity index (χ1) is 12.2. The molecule has 0 aromatic heterocycles. The normalized spacial score (nSPS) is 15.5. The Balaban J connectivity index is 0.00000338. The summed E-state index contributed by atoms with van der Waals surface area (Å²) in [5.74, 6) is 1.71. The van der Waals surface area contributed by atoms with Gasteiger partial charge in [-0.3, -0.25) is 0 Å². The van der Waals surface area contributed by atoms with Crippen LogP contribution in [0.5, 0.6) is 0 Å². The Bertz CT molecular complexity index is 513. The third-order valence-corrected chi connectivity index (χ3v) is 4.59. The minimum absolute atomic E-state index is 0. The zero-order valence-corrected chi connectivity index (χ0v) is 18.8. The molecule has 26 heavy (non-hydrogen) atoms. The van der Waals surface area contributed by atoms with Gasteiger partial charge in [-0.25, -0.2) is 4.99 Å². The second kappa shape index (κ2) is 13.2. The van der Waals surface area contributed by atoms with E-state index < -0.39 is 0 Å². The molecule has 1 aromatic rings. The molecule has 1 heterocycles. The molecule has 0 unspecified atom stereocenters. The number of halogens is 1. The second-order valence-corrected chi connectivity index (χ2v) is 6.65. The van der Waals surface area contributed by atoms with Crippen LogP contribution in [0.2, 0.25) is 0 Å². The molecule has 1 aliphatic heterocycles. The minimum Gasteiger partial charge on any atom is -0.380 e. The highest BCUT2D eigenvalue weighted by atomic mass is 127.